The van der Waals surface area contributed by atoms with Gasteiger partial charge in [-0.3, -0.25) is 0 Å². The quantitative estimate of drug-likeness (QED) is 0.819. The van der Waals surface area contributed by atoms with E-state index < -0.39 is 5.82 Å². The van der Waals surface area contributed by atoms with Crippen molar-refractivity contribution in [2.24, 2.45) is 0 Å². The predicted molar refractivity (Wildman–Crippen MR) is 48.5 cm³/mol. The molecule has 0 saturated carbocycles. The van der Waals surface area contributed by atoms with Gasteiger partial charge in [-0.05, 0) is 13.0 Å². The zero-order valence-corrected chi connectivity index (χ0v) is 7.94. The summed E-state index contributed by atoms with van der Waals surface area (Å²) in [5.41, 5.74) is 0.406. The molecule has 0 unspecified atom stereocenters. The topological polar surface area (TPSA) is 29.5 Å². The van der Waals surface area contributed by atoms with E-state index in [1.165, 1.54) is 12.1 Å². The molecule has 1 aromatic rings. The van der Waals surface area contributed by atoms with Crippen molar-refractivity contribution in [3.05, 3.63) is 28.5 Å². The number of halogens is 2. The Hall–Kier alpha value is -0.800. The standard InChI is InChI=1S/C9H10ClFO2/c1-2-13-9-6(5-12)3-4-7(10)8(9)11/h3-4,12H,2,5H2,1H3. The molecule has 0 amide bonds. The van der Waals surface area contributed by atoms with Gasteiger partial charge < -0.3 is 9.84 Å². The van der Waals surface area contributed by atoms with E-state index >= 15 is 0 Å². The lowest BCUT2D eigenvalue weighted by Gasteiger charge is -2.09. The number of aliphatic hydroxyl groups is 1. The van der Waals surface area contributed by atoms with Crippen LogP contribution in [0.15, 0.2) is 12.1 Å². The highest BCUT2D eigenvalue weighted by Gasteiger charge is 2.12. The van der Waals surface area contributed by atoms with Gasteiger partial charge >= 0.3 is 0 Å². The summed E-state index contributed by atoms with van der Waals surface area (Å²) in [7, 11) is 0. The number of hydrogen-bond acceptors (Lipinski definition) is 2. The van der Waals surface area contributed by atoms with Crippen LogP contribution in [0.2, 0.25) is 5.02 Å². The molecule has 0 saturated heterocycles. The van der Waals surface area contributed by atoms with Crippen LogP contribution in [0, 0.1) is 5.82 Å². The van der Waals surface area contributed by atoms with Gasteiger partial charge in [0.15, 0.2) is 11.6 Å². The Bertz CT molecular complexity index is 302. The summed E-state index contributed by atoms with van der Waals surface area (Å²) in [6, 6.07) is 2.93. The van der Waals surface area contributed by atoms with Crippen LogP contribution in [-0.4, -0.2) is 11.7 Å². The maximum atomic E-state index is 13.3. The molecule has 0 aliphatic rings. The Balaban J connectivity index is 3.15. The summed E-state index contributed by atoms with van der Waals surface area (Å²) < 4.78 is 18.3. The SMILES string of the molecule is CCOc1c(CO)ccc(Cl)c1F. The van der Waals surface area contributed by atoms with Gasteiger partial charge in [0, 0.05) is 5.56 Å². The third kappa shape index (κ3) is 2.11. The molecule has 2 nitrogen and oxygen atoms in total. The van der Waals surface area contributed by atoms with Crippen molar-refractivity contribution >= 4 is 11.6 Å². The van der Waals surface area contributed by atoms with Crippen molar-refractivity contribution in [3.63, 3.8) is 0 Å². The minimum atomic E-state index is -0.616. The van der Waals surface area contributed by atoms with Crippen LogP contribution in [0.25, 0.3) is 0 Å². The van der Waals surface area contributed by atoms with Crippen LogP contribution in [-0.2, 0) is 6.61 Å². The molecule has 0 radical (unpaired) electrons. The van der Waals surface area contributed by atoms with Gasteiger partial charge in [-0.25, -0.2) is 4.39 Å². The minimum Gasteiger partial charge on any atom is -0.490 e. The molecular formula is C9H10ClFO2. The first kappa shape index (κ1) is 10.3. The average molecular weight is 205 g/mol. The highest BCUT2D eigenvalue weighted by molar-refractivity contribution is 6.30. The lowest BCUT2D eigenvalue weighted by Crippen LogP contribution is -2.00. The van der Waals surface area contributed by atoms with Crippen molar-refractivity contribution in [3.8, 4) is 5.75 Å². The van der Waals surface area contributed by atoms with E-state index in [-0.39, 0.29) is 17.4 Å². The van der Waals surface area contributed by atoms with Gasteiger partial charge in [0.2, 0.25) is 0 Å². The monoisotopic (exact) mass is 204 g/mol. The Labute approximate surface area is 80.9 Å². The predicted octanol–water partition coefficient (Wildman–Crippen LogP) is 2.37. The Morgan fingerprint density at radius 2 is 2.23 bits per heavy atom. The summed E-state index contributed by atoms with van der Waals surface area (Å²) in [4.78, 5) is 0. The van der Waals surface area contributed by atoms with Crippen molar-refractivity contribution < 1.29 is 14.2 Å². The molecule has 0 spiro atoms. The summed E-state index contributed by atoms with van der Waals surface area (Å²) in [5.74, 6) is -0.576. The molecule has 0 atom stereocenters. The van der Waals surface area contributed by atoms with Gasteiger partial charge in [-0.15, -0.1) is 0 Å². The van der Waals surface area contributed by atoms with Gasteiger partial charge in [-0.1, -0.05) is 17.7 Å². The molecule has 0 fully saturated rings. The molecule has 0 aromatic heterocycles. The van der Waals surface area contributed by atoms with Crippen molar-refractivity contribution in [2.75, 3.05) is 6.61 Å². The molecule has 0 bridgehead atoms. The number of aliphatic hydroxyl groups excluding tert-OH is 1. The molecule has 4 heteroatoms. The first-order valence-corrected chi connectivity index (χ1v) is 4.29. The minimum absolute atomic E-state index is 0.000602. The molecule has 1 N–H and O–H groups in total. The van der Waals surface area contributed by atoms with Crippen molar-refractivity contribution in [1.29, 1.82) is 0 Å². The third-order valence-electron chi connectivity index (χ3n) is 1.59. The molecule has 0 aliphatic heterocycles. The van der Waals surface area contributed by atoms with E-state index in [1.54, 1.807) is 6.92 Å². The maximum Gasteiger partial charge on any atom is 0.183 e. The lowest BCUT2D eigenvalue weighted by atomic mass is 10.2. The number of rotatable bonds is 3. The van der Waals surface area contributed by atoms with E-state index in [0.29, 0.717) is 12.2 Å². The van der Waals surface area contributed by atoms with Crippen LogP contribution < -0.4 is 4.74 Å². The maximum absolute atomic E-state index is 13.3. The number of ether oxygens (including phenoxy) is 1. The second-order valence-corrected chi connectivity index (χ2v) is 2.85. The largest absolute Gasteiger partial charge is 0.490 e. The first-order chi connectivity index (χ1) is 6.20. The lowest BCUT2D eigenvalue weighted by molar-refractivity contribution is 0.261. The van der Waals surface area contributed by atoms with Gasteiger partial charge in [0.1, 0.15) is 0 Å². The molecule has 1 aromatic carbocycles. The fraction of sp³-hybridized carbons (Fsp3) is 0.333. The molecule has 72 valence electrons. The normalized spacial score (nSPS) is 10.2. The average Bonchev–Trinajstić information content (AvgIpc) is 2.14. The van der Waals surface area contributed by atoms with E-state index in [9.17, 15) is 4.39 Å². The van der Waals surface area contributed by atoms with Crippen LogP contribution in [0.4, 0.5) is 4.39 Å². The van der Waals surface area contributed by atoms with Crippen LogP contribution >= 0.6 is 11.6 Å². The molecular weight excluding hydrogens is 195 g/mol. The second kappa shape index (κ2) is 4.44. The van der Waals surface area contributed by atoms with Gasteiger partial charge in [0.05, 0.1) is 18.2 Å². The summed E-state index contributed by atoms with van der Waals surface area (Å²) in [6.07, 6.45) is 0. The summed E-state index contributed by atoms with van der Waals surface area (Å²) >= 11 is 5.54. The van der Waals surface area contributed by atoms with E-state index in [1.807, 2.05) is 0 Å². The Kier molecular flexibility index (Phi) is 3.51. The van der Waals surface area contributed by atoms with Gasteiger partial charge in [-0.2, -0.15) is 0 Å². The third-order valence-corrected chi connectivity index (χ3v) is 1.88. The van der Waals surface area contributed by atoms with E-state index in [2.05, 4.69) is 0 Å². The Morgan fingerprint density at radius 1 is 1.54 bits per heavy atom. The fourth-order valence-electron chi connectivity index (χ4n) is 0.997. The fourth-order valence-corrected chi connectivity index (χ4v) is 1.15. The molecule has 1 rings (SSSR count). The Morgan fingerprint density at radius 3 is 2.77 bits per heavy atom. The number of benzene rings is 1. The van der Waals surface area contributed by atoms with Crippen molar-refractivity contribution in [2.45, 2.75) is 13.5 Å². The smallest absolute Gasteiger partial charge is 0.183 e. The molecule has 0 aliphatic carbocycles. The first-order valence-electron chi connectivity index (χ1n) is 3.91. The van der Waals surface area contributed by atoms with Gasteiger partial charge in [0.25, 0.3) is 0 Å². The number of hydrogen-bond donors (Lipinski definition) is 1. The molecule has 0 heterocycles. The highest BCUT2D eigenvalue weighted by atomic mass is 35.5. The van der Waals surface area contributed by atoms with Crippen molar-refractivity contribution in [1.82, 2.24) is 0 Å². The highest BCUT2D eigenvalue weighted by Crippen LogP contribution is 2.28. The van der Waals surface area contributed by atoms with Crippen LogP contribution in [0.3, 0.4) is 0 Å². The van der Waals surface area contributed by atoms with E-state index in [0.717, 1.165) is 0 Å². The van der Waals surface area contributed by atoms with E-state index in [4.69, 9.17) is 21.4 Å². The molecule has 13 heavy (non-hydrogen) atoms. The summed E-state index contributed by atoms with van der Waals surface area (Å²) in [6.45, 7) is 1.81. The summed E-state index contributed by atoms with van der Waals surface area (Å²) in [5, 5.41) is 8.87. The zero-order valence-electron chi connectivity index (χ0n) is 7.18. The second-order valence-electron chi connectivity index (χ2n) is 2.44. The van der Waals surface area contributed by atoms with Crippen LogP contribution in [0.5, 0.6) is 5.75 Å². The zero-order chi connectivity index (χ0) is 9.84. The van der Waals surface area contributed by atoms with Crippen LogP contribution in [0.1, 0.15) is 12.5 Å².